The monoisotopic (exact) mass is 320 g/mol. The van der Waals surface area contributed by atoms with Crippen molar-refractivity contribution in [3.05, 3.63) is 63.2 Å². The first-order valence-electron chi connectivity index (χ1n) is 6.39. The molecule has 0 unspecified atom stereocenters. The highest BCUT2D eigenvalue weighted by atomic mass is 35.5. The lowest BCUT2D eigenvalue weighted by Gasteiger charge is -2.10. The largest absolute Gasteiger partial charge is 0.484 e. The molecule has 2 aromatic carbocycles. The van der Waals surface area contributed by atoms with Crippen molar-refractivity contribution in [3.63, 3.8) is 0 Å². The van der Waals surface area contributed by atoms with Gasteiger partial charge in [-0.3, -0.25) is 14.9 Å². The number of nitrogens with zero attached hydrogens (tertiary/aromatic N) is 1. The van der Waals surface area contributed by atoms with Gasteiger partial charge in [-0.25, -0.2) is 0 Å². The standard InChI is InChI=1S/C15H13ClN2O4/c1-10-5-6-11(16)7-14(10)17-15(19)9-22-13-4-2-3-12(8-13)18(20)21/h2-8H,9H2,1H3,(H,17,19). The Balaban J connectivity index is 1.97. The molecular formula is C15H13ClN2O4. The summed E-state index contributed by atoms with van der Waals surface area (Å²) < 4.78 is 5.25. The average molecular weight is 321 g/mol. The van der Waals surface area contributed by atoms with E-state index in [-0.39, 0.29) is 24.0 Å². The zero-order valence-electron chi connectivity index (χ0n) is 11.7. The maximum atomic E-state index is 11.9. The molecule has 6 nitrogen and oxygen atoms in total. The van der Waals surface area contributed by atoms with E-state index in [0.29, 0.717) is 10.7 Å². The van der Waals surface area contributed by atoms with Gasteiger partial charge in [0.1, 0.15) is 5.75 Å². The van der Waals surface area contributed by atoms with Crippen molar-refractivity contribution >= 4 is 28.9 Å². The normalized spacial score (nSPS) is 10.1. The Labute approximate surface area is 131 Å². The van der Waals surface area contributed by atoms with Crippen molar-refractivity contribution in [1.82, 2.24) is 0 Å². The van der Waals surface area contributed by atoms with E-state index < -0.39 is 4.92 Å². The Morgan fingerprint density at radius 3 is 2.82 bits per heavy atom. The first kappa shape index (κ1) is 15.8. The van der Waals surface area contributed by atoms with Gasteiger partial charge in [-0.1, -0.05) is 23.7 Å². The SMILES string of the molecule is Cc1ccc(Cl)cc1NC(=O)COc1cccc([N+](=O)[O-])c1. The van der Waals surface area contributed by atoms with Crippen LogP contribution < -0.4 is 10.1 Å². The van der Waals surface area contributed by atoms with Gasteiger partial charge >= 0.3 is 0 Å². The minimum absolute atomic E-state index is 0.0939. The van der Waals surface area contributed by atoms with E-state index in [1.54, 1.807) is 24.3 Å². The molecule has 2 aromatic rings. The van der Waals surface area contributed by atoms with E-state index in [9.17, 15) is 14.9 Å². The Morgan fingerprint density at radius 2 is 2.09 bits per heavy atom. The average Bonchev–Trinajstić information content (AvgIpc) is 2.49. The van der Waals surface area contributed by atoms with Crippen LogP contribution in [0.4, 0.5) is 11.4 Å². The molecule has 0 aliphatic carbocycles. The molecule has 114 valence electrons. The van der Waals surface area contributed by atoms with Gasteiger partial charge in [-0.05, 0) is 30.7 Å². The van der Waals surface area contributed by atoms with Crippen LogP contribution >= 0.6 is 11.6 Å². The fraction of sp³-hybridized carbons (Fsp3) is 0.133. The number of benzene rings is 2. The second-order valence-corrected chi connectivity index (χ2v) is 4.99. The number of ether oxygens (including phenoxy) is 1. The van der Waals surface area contributed by atoms with E-state index in [1.807, 2.05) is 6.92 Å². The molecule has 1 N–H and O–H groups in total. The van der Waals surface area contributed by atoms with Crippen LogP contribution in [0.3, 0.4) is 0 Å². The first-order chi connectivity index (χ1) is 10.5. The molecule has 0 aromatic heterocycles. The molecule has 7 heteroatoms. The van der Waals surface area contributed by atoms with E-state index in [4.69, 9.17) is 16.3 Å². The summed E-state index contributed by atoms with van der Waals surface area (Å²) in [5, 5.41) is 13.9. The lowest BCUT2D eigenvalue weighted by molar-refractivity contribution is -0.384. The molecule has 0 fully saturated rings. The summed E-state index contributed by atoms with van der Waals surface area (Å²) in [5.74, 6) is -0.121. The van der Waals surface area contributed by atoms with Crippen LogP contribution in [0, 0.1) is 17.0 Å². The van der Waals surface area contributed by atoms with Gasteiger partial charge in [0, 0.05) is 16.8 Å². The maximum absolute atomic E-state index is 11.9. The van der Waals surface area contributed by atoms with Crippen molar-refractivity contribution in [2.45, 2.75) is 6.92 Å². The molecule has 22 heavy (non-hydrogen) atoms. The highest BCUT2D eigenvalue weighted by molar-refractivity contribution is 6.31. The van der Waals surface area contributed by atoms with E-state index in [1.165, 1.54) is 18.2 Å². The highest BCUT2D eigenvalue weighted by Gasteiger charge is 2.09. The number of non-ortho nitro benzene ring substituents is 1. The predicted octanol–water partition coefficient (Wildman–Crippen LogP) is 3.57. The van der Waals surface area contributed by atoms with Crippen LogP contribution in [0.1, 0.15) is 5.56 Å². The van der Waals surface area contributed by atoms with Gasteiger partial charge in [0.15, 0.2) is 6.61 Å². The molecular weight excluding hydrogens is 308 g/mol. The number of nitrogens with one attached hydrogen (secondary N) is 1. The lowest BCUT2D eigenvalue weighted by atomic mass is 10.2. The first-order valence-corrected chi connectivity index (χ1v) is 6.77. The molecule has 0 atom stereocenters. The maximum Gasteiger partial charge on any atom is 0.273 e. The van der Waals surface area contributed by atoms with Gasteiger partial charge in [0.25, 0.3) is 11.6 Å². The molecule has 0 aliphatic rings. The highest BCUT2D eigenvalue weighted by Crippen LogP contribution is 2.21. The van der Waals surface area contributed by atoms with Crippen molar-refractivity contribution in [2.75, 3.05) is 11.9 Å². The molecule has 0 spiro atoms. The minimum Gasteiger partial charge on any atom is -0.484 e. The summed E-state index contributed by atoms with van der Waals surface area (Å²) in [6, 6.07) is 10.8. The molecule has 0 aliphatic heterocycles. The zero-order valence-corrected chi connectivity index (χ0v) is 12.5. The van der Waals surface area contributed by atoms with Crippen molar-refractivity contribution in [3.8, 4) is 5.75 Å². The topological polar surface area (TPSA) is 81.5 Å². The summed E-state index contributed by atoms with van der Waals surface area (Å²) in [6.45, 7) is 1.58. The smallest absolute Gasteiger partial charge is 0.273 e. The third kappa shape index (κ3) is 4.20. The minimum atomic E-state index is -0.526. The number of amides is 1. The number of aryl methyl sites for hydroxylation is 1. The number of halogens is 1. The molecule has 1 amide bonds. The van der Waals surface area contributed by atoms with E-state index >= 15 is 0 Å². The number of hydrogen-bond donors (Lipinski definition) is 1. The summed E-state index contributed by atoms with van der Waals surface area (Å²) in [5.41, 5.74) is 1.37. The molecule has 0 bridgehead atoms. The van der Waals surface area contributed by atoms with Gasteiger partial charge in [0.2, 0.25) is 0 Å². The van der Waals surface area contributed by atoms with Crippen molar-refractivity contribution in [2.24, 2.45) is 0 Å². The lowest BCUT2D eigenvalue weighted by Crippen LogP contribution is -2.20. The molecule has 0 saturated heterocycles. The number of anilines is 1. The van der Waals surface area contributed by atoms with Gasteiger partial charge in [0.05, 0.1) is 11.0 Å². The predicted molar refractivity (Wildman–Crippen MR) is 83.4 cm³/mol. The molecule has 0 radical (unpaired) electrons. The molecule has 0 saturated carbocycles. The number of rotatable bonds is 5. The number of hydrogen-bond acceptors (Lipinski definition) is 4. The van der Waals surface area contributed by atoms with Crippen molar-refractivity contribution in [1.29, 1.82) is 0 Å². The number of carbonyl (C=O) groups excluding carboxylic acids is 1. The van der Waals surface area contributed by atoms with Crippen LogP contribution in [0.25, 0.3) is 0 Å². The van der Waals surface area contributed by atoms with Gasteiger partial charge in [-0.15, -0.1) is 0 Å². The fourth-order valence-electron chi connectivity index (χ4n) is 1.75. The summed E-state index contributed by atoms with van der Waals surface area (Å²) >= 11 is 5.87. The summed E-state index contributed by atoms with van der Waals surface area (Å²) in [7, 11) is 0. The Morgan fingerprint density at radius 1 is 1.32 bits per heavy atom. The third-order valence-electron chi connectivity index (χ3n) is 2.87. The zero-order chi connectivity index (χ0) is 16.1. The van der Waals surface area contributed by atoms with Crippen molar-refractivity contribution < 1.29 is 14.5 Å². The molecule has 0 heterocycles. The summed E-state index contributed by atoms with van der Waals surface area (Å²) in [6.07, 6.45) is 0. The second-order valence-electron chi connectivity index (χ2n) is 4.55. The Bertz CT molecular complexity index is 718. The van der Waals surface area contributed by atoms with Crippen LogP contribution in [-0.2, 0) is 4.79 Å². The Hall–Kier alpha value is -2.60. The fourth-order valence-corrected chi connectivity index (χ4v) is 1.92. The summed E-state index contributed by atoms with van der Waals surface area (Å²) in [4.78, 5) is 22.0. The van der Waals surface area contributed by atoms with Gasteiger partial charge in [-0.2, -0.15) is 0 Å². The number of nitro groups is 1. The van der Waals surface area contributed by atoms with Crippen LogP contribution in [-0.4, -0.2) is 17.4 Å². The van der Waals surface area contributed by atoms with Crippen LogP contribution in [0.15, 0.2) is 42.5 Å². The van der Waals surface area contributed by atoms with E-state index in [2.05, 4.69) is 5.32 Å². The second kappa shape index (κ2) is 6.91. The molecule has 2 rings (SSSR count). The Kier molecular flexibility index (Phi) is 4.95. The van der Waals surface area contributed by atoms with Gasteiger partial charge < -0.3 is 10.1 Å². The quantitative estimate of drug-likeness (QED) is 0.674. The van der Waals surface area contributed by atoms with E-state index in [0.717, 1.165) is 5.56 Å². The number of carbonyl (C=O) groups is 1. The van der Waals surface area contributed by atoms with Crippen LogP contribution in [0.5, 0.6) is 5.75 Å². The van der Waals surface area contributed by atoms with Crippen LogP contribution in [0.2, 0.25) is 5.02 Å². The number of nitro benzene ring substituents is 1. The third-order valence-corrected chi connectivity index (χ3v) is 3.11.